The van der Waals surface area contributed by atoms with Crippen LogP contribution in [0.3, 0.4) is 0 Å². The van der Waals surface area contributed by atoms with Crippen LogP contribution in [0.15, 0.2) is 41.3 Å². The standard InChI is InChI=1S/C17H17N5O2/c1-11-2-5-13(8-14(11)17-18-6-7-24-17)19-16(23)10-22-9-15(20-21-22)12-3-4-12/h2,5-9,12H,3-4,10H2,1H3,(H,19,23). The van der Waals surface area contributed by atoms with Gasteiger partial charge < -0.3 is 9.73 Å². The molecule has 0 bridgehead atoms. The van der Waals surface area contributed by atoms with Gasteiger partial charge in [-0.2, -0.15) is 0 Å². The second-order valence-corrected chi connectivity index (χ2v) is 6.03. The number of carbonyl (C=O) groups is 1. The van der Waals surface area contributed by atoms with Crippen molar-refractivity contribution in [2.75, 3.05) is 5.32 Å². The lowest BCUT2D eigenvalue weighted by atomic mass is 10.1. The SMILES string of the molecule is Cc1ccc(NC(=O)Cn2cc(C3CC3)nn2)cc1-c1ncco1. The summed E-state index contributed by atoms with van der Waals surface area (Å²) in [6.45, 7) is 2.11. The van der Waals surface area contributed by atoms with Crippen LogP contribution in [0.1, 0.15) is 30.0 Å². The van der Waals surface area contributed by atoms with E-state index in [1.807, 2.05) is 31.3 Å². The molecule has 7 heteroatoms. The van der Waals surface area contributed by atoms with Gasteiger partial charge in [-0.05, 0) is 37.5 Å². The third-order valence-electron chi connectivity index (χ3n) is 4.04. The number of aromatic nitrogens is 4. The maximum atomic E-state index is 12.2. The van der Waals surface area contributed by atoms with Crippen molar-refractivity contribution in [3.05, 3.63) is 48.1 Å². The van der Waals surface area contributed by atoms with Crippen molar-refractivity contribution < 1.29 is 9.21 Å². The van der Waals surface area contributed by atoms with E-state index >= 15 is 0 Å². The van der Waals surface area contributed by atoms with Crippen LogP contribution in [0, 0.1) is 6.92 Å². The third kappa shape index (κ3) is 3.05. The van der Waals surface area contributed by atoms with Crippen LogP contribution < -0.4 is 5.32 Å². The van der Waals surface area contributed by atoms with Gasteiger partial charge in [0.15, 0.2) is 0 Å². The van der Waals surface area contributed by atoms with E-state index in [2.05, 4.69) is 20.6 Å². The summed E-state index contributed by atoms with van der Waals surface area (Å²) in [6, 6.07) is 5.64. The molecule has 2 heterocycles. The second kappa shape index (κ2) is 5.92. The van der Waals surface area contributed by atoms with Crippen LogP contribution in [0.4, 0.5) is 5.69 Å². The molecule has 122 valence electrons. The quantitative estimate of drug-likeness (QED) is 0.780. The molecule has 3 aromatic rings. The molecule has 0 saturated heterocycles. The van der Waals surface area contributed by atoms with E-state index in [-0.39, 0.29) is 12.5 Å². The molecule has 0 unspecified atom stereocenters. The van der Waals surface area contributed by atoms with Gasteiger partial charge in [0.25, 0.3) is 0 Å². The molecule has 7 nitrogen and oxygen atoms in total. The van der Waals surface area contributed by atoms with Crippen LogP contribution in [0.2, 0.25) is 0 Å². The van der Waals surface area contributed by atoms with Crippen molar-refractivity contribution in [1.29, 1.82) is 0 Å². The van der Waals surface area contributed by atoms with Gasteiger partial charge in [0.2, 0.25) is 11.8 Å². The molecule has 1 saturated carbocycles. The first-order valence-electron chi connectivity index (χ1n) is 7.89. The first-order valence-corrected chi connectivity index (χ1v) is 7.89. The van der Waals surface area contributed by atoms with Gasteiger partial charge in [-0.3, -0.25) is 4.79 Å². The fourth-order valence-electron chi connectivity index (χ4n) is 2.59. The van der Waals surface area contributed by atoms with Gasteiger partial charge in [0.05, 0.1) is 11.9 Å². The van der Waals surface area contributed by atoms with Crippen molar-refractivity contribution in [3.8, 4) is 11.5 Å². The molecular weight excluding hydrogens is 306 g/mol. The monoisotopic (exact) mass is 323 g/mol. The van der Waals surface area contributed by atoms with Gasteiger partial charge >= 0.3 is 0 Å². The second-order valence-electron chi connectivity index (χ2n) is 6.03. The lowest BCUT2D eigenvalue weighted by Crippen LogP contribution is -2.19. The molecule has 2 aromatic heterocycles. The molecule has 0 spiro atoms. The zero-order chi connectivity index (χ0) is 16.5. The topological polar surface area (TPSA) is 85.8 Å². The number of hydrogen-bond donors (Lipinski definition) is 1. The Bertz CT molecular complexity index is 865. The highest BCUT2D eigenvalue weighted by Gasteiger charge is 2.26. The predicted octanol–water partition coefficient (Wildman–Crippen LogP) is 2.76. The molecule has 1 fully saturated rings. The van der Waals surface area contributed by atoms with Crippen molar-refractivity contribution in [1.82, 2.24) is 20.0 Å². The Morgan fingerprint density at radius 1 is 1.42 bits per heavy atom. The number of nitrogens with zero attached hydrogens (tertiary/aromatic N) is 4. The highest BCUT2D eigenvalue weighted by Crippen LogP contribution is 2.38. The Labute approximate surface area is 138 Å². The molecule has 0 aliphatic heterocycles. The summed E-state index contributed by atoms with van der Waals surface area (Å²) in [4.78, 5) is 16.4. The molecule has 24 heavy (non-hydrogen) atoms. The Hall–Kier alpha value is -2.96. The average Bonchev–Trinajstić information content (AvgIpc) is 3.08. The van der Waals surface area contributed by atoms with Crippen molar-refractivity contribution in [3.63, 3.8) is 0 Å². The van der Waals surface area contributed by atoms with Gasteiger partial charge in [0, 0.05) is 23.4 Å². The molecule has 4 rings (SSSR count). The molecule has 1 amide bonds. The van der Waals surface area contributed by atoms with Gasteiger partial charge in [-0.1, -0.05) is 11.3 Å². The summed E-state index contributed by atoms with van der Waals surface area (Å²) >= 11 is 0. The van der Waals surface area contributed by atoms with E-state index in [0.717, 1.165) is 29.7 Å². The fraction of sp³-hybridized carbons (Fsp3) is 0.294. The number of oxazole rings is 1. The minimum atomic E-state index is -0.149. The van der Waals surface area contributed by atoms with E-state index in [4.69, 9.17) is 4.42 Å². The first kappa shape index (κ1) is 14.6. The van der Waals surface area contributed by atoms with Gasteiger partial charge in [0.1, 0.15) is 12.8 Å². The largest absolute Gasteiger partial charge is 0.445 e. The maximum Gasteiger partial charge on any atom is 0.246 e. The minimum absolute atomic E-state index is 0.141. The number of hydrogen-bond acceptors (Lipinski definition) is 5. The molecule has 0 atom stereocenters. The number of aryl methyl sites for hydroxylation is 1. The Kier molecular flexibility index (Phi) is 3.60. The minimum Gasteiger partial charge on any atom is -0.445 e. The number of anilines is 1. The molecule has 1 aromatic carbocycles. The molecule has 1 aliphatic carbocycles. The van der Waals surface area contributed by atoms with Crippen molar-refractivity contribution in [2.45, 2.75) is 32.2 Å². The zero-order valence-corrected chi connectivity index (χ0v) is 13.3. The third-order valence-corrected chi connectivity index (χ3v) is 4.04. The van der Waals surface area contributed by atoms with Crippen LogP contribution in [0.5, 0.6) is 0 Å². The van der Waals surface area contributed by atoms with E-state index in [1.54, 1.807) is 10.9 Å². The molecule has 1 aliphatic rings. The molecular formula is C17H17N5O2. The fourth-order valence-corrected chi connectivity index (χ4v) is 2.59. The summed E-state index contributed by atoms with van der Waals surface area (Å²) in [6.07, 6.45) is 7.31. The van der Waals surface area contributed by atoms with Gasteiger partial charge in [-0.15, -0.1) is 5.10 Å². The van der Waals surface area contributed by atoms with Crippen LogP contribution in [-0.4, -0.2) is 25.9 Å². The number of benzene rings is 1. The Balaban J connectivity index is 1.46. The number of carbonyl (C=O) groups excluding carboxylic acids is 1. The average molecular weight is 323 g/mol. The zero-order valence-electron chi connectivity index (χ0n) is 13.3. The summed E-state index contributed by atoms with van der Waals surface area (Å²) < 4.78 is 6.92. The predicted molar refractivity (Wildman–Crippen MR) is 87.3 cm³/mol. The maximum absolute atomic E-state index is 12.2. The molecule has 0 radical (unpaired) electrons. The van der Waals surface area contributed by atoms with Crippen LogP contribution >= 0.6 is 0 Å². The smallest absolute Gasteiger partial charge is 0.246 e. The highest BCUT2D eigenvalue weighted by molar-refractivity contribution is 5.91. The number of amides is 1. The molecule has 1 N–H and O–H groups in total. The normalized spacial score (nSPS) is 13.9. The lowest BCUT2D eigenvalue weighted by Gasteiger charge is -2.08. The number of rotatable bonds is 5. The number of nitrogens with one attached hydrogen (secondary N) is 1. The first-order chi connectivity index (χ1) is 11.7. The van der Waals surface area contributed by atoms with E-state index in [0.29, 0.717) is 17.5 Å². The lowest BCUT2D eigenvalue weighted by molar-refractivity contribution is -0.116. The Morgan fingerprint density at radius 3 is 3.04 bits per heavy atom. The van der Waals surface area contributed by atoms with Crippen molar-refractivity contribution >= 4 is 11.6 Å². The summed E-state index contributed by atoms with van der Waals surface area (Å²) in [5.41, 5.74) is 3.56. The highest BCUT2D eigenvalue weighted by atomic mass is 16.3. The van der Waals surface area contributed by atoms with E-state index < -0.39 is 0 Å². The van der Waals surface area contributed by atoms with Gasteiger partial charge in [-0.25, -0.2) is 9.67 Å². The van der Waals surface area contributed by atoms with E-state index in [9.17, 15) is 4.79 Å². The van der Waals surface area contributed by atoms with Crippen LogP contribution in [-0.2, 0) is 11.3 Å². The van der Waals surface area contributed by atoms with E-state index in [1.165, 1.54) is 6.26 Å². The Morgan fingerprint density at radius 2 is 2.29 bits per heavy atom. The summed E-state index contributed by atoms with van der Waals surface area (Å²) in [5.74, 6) is 0.917. The van der Waals surface area contributed by atoms with Crippen LogP contribution in [0.25, 0.3) is 11.5 Å². The summed E-state index contributed by atoms with van der Waals surface area (Å²) in [5, 5.41) is 11.0. The van der Waals surface area contributed by atoms with Crippen molar-refractivity contribution in [2.24, 2.45) is 0 Å². The summed E-state index contributed by atoms with van der Waals surface area (Å²) in [7, 11) is 0.